The average molecular weight is 365 g/mol. The van der Waals surface area contributed by atoms with Crippen LogP contribution in [-0.4, -0.2) is 42.8 Å². The zero-order valence-electron chi connectivity index (χ0n) is 15.1. The second-order valence-corrected chi connectivity index (χ2v) is 6.54. The van der Waals surface area contributed by atoms with Crippen LogP contribution in [0, 0.1) is 17.1 Å². The van der Waals surface area contributed by atoms with E-state index >= 15 is 0 Å². The molecular formula is C21H20FN3O2. The molecule has 0 aromatic heterocycles. The summed E-state index contributed by atoms with van der Waals surface area (Å²) in [4.78, 5) is 28.1. The molecule has 2 aromatic rings. The summed E-state index contributed by atoms with van der Waals surface area (Å²) < 4.78 is 13.1. The first-order chi connectivity index (χ1) is 13.0. The normalized spacial score (nSPS) is 14.4. The standard InChI is InChI=1S/C21H20FN3O2/c1-15(26)17-3-4-18(14-23)20(13-17)24-9-2-10-25(12-11-24)21(27)16-5-7-19(22)8-6-16/h3-8,13H,2,9-12H2,1H3. The third-order valence-corrected chi connectivity index (χ3v) is 4.74. The van der Waals surface area contributed by atoms with Crippen LogP contribution in [0.1, 0.15) is 39.6 Å². The number of ketones is 1. The van der Waals surface area contributed by atoms with Gasteiger partial charge in [-0.05, 0) is 55.8 Å². The Labute approximate surface area is 157 Å². The van der Waals surface area contributed by atoms with Crippen molar-refractivity contribution in [3.63, 3.8) is 0 Å². The molecule has 2 aromatic carbocycles. The van der Waals surface area contributed by atoms with Crippen LogP contribution < -0.4 is 4.90 Å². The first-order valence-corrected chi connectivity index (χ1v) is 8.84. The molecule has 27 heavy (non-hydrogen) atoms. The van der Waals surface area contributed by atoms with Gasteiger partial charge in [0.2, 0.25) is 0 Å². The van der Waals surface area contributed by atoms with Gasteiger partial charge in [-0.15, -0.1) is 0 Å². The molecule has 1 amide bonds. The highest BCUT2D eigenvalue weighted by molar-refractivity contribution is 5.95. The van der Waals surface area contributed by atoms with E-state index < -0.39 is 0 Å². The highest BCUT2D eigenvalue weighted by Gasteiger charge is 2.22. The maximum atomic E-state index is 13.1. The number of nitriles is 1. The molecule has 0 unspecified atom stereocenters. The summed E-state index contributed by atoms with van der Waals surface area (Å²) in [6.45, 7) is 3.81. The Balaban J connectivity index is 1.78. The molecule has 1 saturated heterocycles. The average Bonchev–Trinajstić information content (AvgIpc) is 2.93. The molecule has 1 heterocycles. The molecule has 3 rings (SSSR count). The van der Waals surface area contributed by atoms with Crippen LogP contribution in [0.5, 0.6) is 0 Å². The van der Waals surface area contributed by atoms with Gasteiger partial charge in [-0.3, -0.25) is 9.59 Å². The Morgan fingerprint density at radius 3 is 2.37 bits per heavy atom. The number of Topliss-reactive ketones (excluding diaryl/α,β-unsaturated/α-hetero) is 1. The van der Waals surface area contributed by atoms with Crippen LogP contribution in [0.15, 0.2) is 42.5 Å². The quantitative estimate of drug-likeness (QED) is 0.783. The summed E-state index contributed by atoms with van der Waals surface area (Å²) in [6, 6.07) is 12.8. The first-order valence-electron chi connectivity index (χ1n) is 8.84. The van der Waals surface area contributed by atoms with Gasteiger partial charge in [0, 0.05) is 37.3 Å². The lowest BCUT2D eigenvalue weighted by Gasteiger charge is -2.25. The number of carbonyl (C=O) groups is 2. The van der Waals surface area contributed by atoms with Crippen molar-refractivity contribution >= 4 is 17.4 Å². The summed E-state index contributed by atoms with van der Waals surface area (Å²) >= 11 is 0. The maximum Gasteiger partial charge on any atom is 0.253 e. The molecule has 0 aliphatic carbocycles. The molecule has 0 N–H and O–H groups in total. The number of hydrogen-bond acceptors (Lipinski definition) is 4. The van der Waals surface area contributed by atoms with Crippen molar-refractivity contribution in [2.24, 2.45) is 0 Å². The van der Waals surface area contributed by atoms with Gasteiger partial charge in [-0.25, -0.2) is 4.39 Å². The van der Waals surface area contributed by atoms with Gasteiger partial charge in [-0.1, -0.05) is 0 Å². The molecule has 1 aliphatic heterocycles. The van der Waals surface area contributed by atoms with Gasteiger partial charge in [0.25, 0.3) is 5.91 Å². The van der Waals surface area contributed by atoms with Crippen LogP contribution in [0.25, 0.3) is 0 Å². The van der Waals surface area contributed by atoms with Gasteiger partial charge in [-0.2, -0.15) is 5.26 Å². The molecule has 0 atom stereocenters. The molecule has 1 fully saturated rings. The molecule has 0 spiro atoms. The van der Waals surface area contributed by atoms with Crippen molar-refractivity contribution in [1.82, 2.24) is 4.90 Å². The predicted octanol–water partition coefficient (Wildman–Crippen LogP) is 3.25. The van der Waals surface area contributed by atoms with Gasteiger partial charge in [0.15, 0.2) is 5.78 Å². The largest absolute Gasteiger partial charge is 0.369 e. The molecule has 5 nitrogen and oxygen atoms in total. The Morgan fingerprint density at radius 1 is 1.00 bits per heavy atom. The minimum atomic E-state index is -0.372. The van der Waals surface area contributed by atoms with Crippen LogP contribution in [0.4, 0.5) is 10.1 Å². The predicted molar refractivity (Wildman–Crippen MR) is 100 cm³/mol. The van der Waals surface area contributed by atoms with Gasteiger partial charge in [0.05, 0.1) is 11.3 Å². The van der Waals surface area contributed by atoms with Crippen LogP contribution in [0.3, 0.4) is 0 Å². The maximum absolute atomic E-state index is 13.1. The van der Waals surface area contributed by atoms with Crippen LogP contribution in [-0.2, 0) is 0 Å². The van der Waals surface area contributed by atoms with Crippen molar-refractivity contribution in [1.29, 1.82) is 5.26 Å². The smallest absolute Gasteiger partial charge is 0.253 e. The Kier molecular flexibility index (Phi) is 5.51. The fraction of sp³-hybridized carbons (Fsp3) is 0.286. The van der Waals surface area contributed by atoms with Crippen molar-refractivity contribution in [2.75, 3.05) is 31.1 Å². The van der Waals surface area contributed by atoms with E-state index in [4.69, 9.17) is 0 Å². The minimum absolute atomic E-state index is 0.0522. The zero-order valence-corrected chi connectivity index (χ0v) is 15.1. The number of carbonyl (C=O) groups excluding carboxylic acids is 2. The second-order valence-electron chi connectivity index (χ2n) is 6.54. The second kappa shape index (κ2) is 8.00. The fourth-order valence-corrected chi connectivity index (χ4v) is 3.24. The summed E-state index contributed by atoms with van der Waals surface area (Å²) in [5.74, 6) is -0.554. The number of hydrogen-bond donors (Lipinski definition) is 0. The highest BCUT2D eigenvalue weighted by atomic mass is 19.1. The Hall–Kier alpha value is -3.20. The summed E-state index contributed by atoms with van der Waals surface area (Å²) in [5, 5.41) is 9.40. The number of nitrogens with zero attached hydrogens (tertiary/aromatic N) is 3. The van der Waals surface area contributed by atoms with Gasteiger partial charge < -0.3 is 9.80 Å². The van der Waals surface area contributed by atoms with E-state index in [1.165, 1.54) is 31.2 Å². The topological polar surface area (TPSA) is 64.4 Å². The van der Waals surface area contributed by atoms with Crippen molar-refractivity contribution < 1.29 is 14.0 Å². The molecule has 0 radical (unpaired) electrons. The van der Waals surface area contributed by atoms with Gasteiger partial charge in [0.1, 0.15) is 11.9 Å². The van der Waals surface area contributed by atoms with Crippen molar-refractivity contribution in [3.05, 3.63) is 65.0 Å². The molecule has 1 aliphatic rings. The summed E-state index contributed by atoms with van der Waals surface area (Å²) in [7, 11) is 0. The van der Waals surface area contributed by atoms with Crippen molar-refractivity contribution in [2.45, 2.75) is 13.3 Å². The molecule has 0 bridgehead atoms. The number of benzene rings is 2. The van der Waals surface area contributed by atoms with E-state index in [0.717, 1.165) is 12.1 Å². The van der Waals surface area contributed by atoms with E-state index in [9.17, 15) is 19.2 Å². The van der Waals surface area contributed by atoms with E-state index in [2.05, 4.69) is 6.07 Å². The molecule has 6 heteroatoms. The number of anilines is 1. The summed E-state index contributed by atoms with van der Waals surface area (Å²) in [6.07, 6.45) is 0.738. The first kappa shape index (κ1) is 18.6. The number of halogens is 1. The fourth-order valence-electron chi connectivity index (χ4n) is 3.24. The Bertz CT molecular complexity index is 903. The monoisotopic (exact) mass is 365 g/mol. The van der Waals surface area contributed by atoms with Crippen LogP contribution >= 0.6 is 0 Å². The lowest BCUT2D eigenvalue weighted by Crippen LogP contribution is -2.35. The van der Waals surface area contributed by atoms with E-state index in [0.29, 0.717) is 42.9 Å². The SMILES string of the molecule is CC(=O)c1ccc(C#N)c(N2CCCN(C(=O)c3ccc(F)cc3)CC2)c1. The molecule has 0 saturated carbocycles. The molecule has 138 valence electrons. The third kappa shape index (κ3) is 4.14. The highest BCUT2D eigenvalue weighted by Crippen LogP contribution is 2.24. The zero-order chi connectivity index (χ0) is 19.4. The lowest BCUT2D eigenvalue weighted by molar-refractivity contribution is 0.0766. The summed E-state index contributed by atoms with van der Waals surface area (Å²) in [5.41, 5.74) is 2.26. The lowest BCUT2D eigenvalue weighted by atomic mass is 10.1. The third-order valence-electron chi connectivity index (χ3n) is 4.74. The molecular weight excluding hydrogens is 345 g/mol. The Morgan fingerprint density at radius 2 is 1.70 bits per heavy atom. The minimum Gasteiger partial charge on any atom is -0.369 e. The van der Waals surface area contributed by atoms with Gasteiger partial charge >= 0.3 is 0 Å². The number of amides is 1. The van der Waals surface area contributed by atoms with E-state index in [1.807, 2.05) is 4.90 Å². The van der Waals surface area contributed by atoms with Crippen LogP contribution in [0.2, 0.25) is 0 Å². The number of rotatable bonds is 3. The van der Waals surface area contributed by atoms with E-state index in [-0.39, 0.29) is 17.5 Å². The van der Waals surface area contributed by atoms with Crippen molar-refractivity contribution in [3.8, 4) is 6.07 Å². The van der Waals surface area contributed by atoms with E-state index in [1.54, 1.807) is 23.1 Å².